The van der Waals surface area contributed by atoms with E-state index in [4.69, 9.17) is 14.6 Å². The summed E-state index contributed by atoms with van der Waals surface area (Å²) < 4.78 is 10.1. The topological polar surface area (TPSA) is 84.9 Å². The van der Waals surface area contributed by atoms with E-state index in [0.717, 1.165) is 5.56 Å². The van der Waals surface area contributed by atoms with Crippen molar-refractivity contribution < 1.29 is 24.2 Å². The summed E-state index contributed by atoms with van der Waals surface area (Å²) in [4.78, 5) is 22.1. The molecule has 1 aliphatic carbocycles. The molecule has 0 aliphatic heterocycles. The number of nitrogens with one attached hydrogen (secondary N) is 1. The summed E-state index contributed by atoms with van der Waals surface area (Å²) in [5.41, 5.74) is 0.812. The maximum atomic E-state index is 11.5. The van der Waals surface area contributed by atoms with E-state index in [1.807, 2.05) is 12.1 Å². The molecule has 1 aromatic rings. The van der Waals surface area contributed by atoms with E-state index in [1.165, 1.54) is 0 Å². The van der Waals surface area contributed by atoms with E-state index in [0.29, 0.717) is 12.2 Å². The van der Waals surface area contributed by atoms with Crippen LogP contribution in [0.5, 0.6) is 5.75 Å². The second-order valence-electron chi connectivity index (χ2n) is 4.95. The molecule has 1 amide bonds. The normalized spacial score (nSPS) is 20.4. The number of hydrogen-bond acceptors (Lipinski definition) is 4. The molecule has 1 fully saturated rings. The summed E-state index contributed by atoms with van der Waals surface area (Å²) in [7, 11) is 0. The van der Waals surface area contributed by atoms with Gasteiger partial charge in [-0.1, -0.05) is 18.2 Å². The third-order valence-electron chi connectivity index (χ3n) is 2.94. The number of para-hydroxylation sites is 1. The second-order valence-corrected chi connectivity index (χ2v) is 4.95. The highest BCUT2D eigenvalue weighted by molar-refractivity contribution is 5.67. The van der Waals surface area contributed by atoms with Crippen LogP contribution in [-0.2, 0) is 4.74 Å². The quantitative estimate of drug-likeness (QED) is 0.654. The van der Waals surface area contributed by atoms with Crippen molar-refractivity contribution in [2.45, 2.75) is 38.3 Å². The van der Waals surface area contributed by atoms with Gasteiger partial charge in [0.05, 0.1) is 6.10 Å². The second kappa shape index (κ2) is 5.81. The van der Waals surface area contributed by atoms with Gasteiger partial charge in [0.15, 0.2) is 0 Å². The number of rotatable bonds is 4. The van der Waals surface area contributed by atoms with Crippen LogP contribution >= 0.6 is 0 Å². The molecule has 2 rings (SSSR count). The molecule has 0 radical (unpaired) electrons. The molecule has 0 heterocycles. The van der Waals surface area contributed by atoms with Crippen LogP contribution in [0.4, 0.5) is 9.59 Å². The molecule has 2 unspecified atom stereocenters. The predicted molar refractivity (Wildman–Crippen MR) is 71.0 cm³/mol. The van der Waals surface area contributed by atoms with Gasteiger partial charge in [-0.2, -0.15) is 0 Å². The highest BCUT2D eigenvalue weighted by atomic mass is 16.7. The minimum Gasteiger partial charge on any atom is -0.465 e. The van der Waals surface area contributed by atoms with E-state index in [1.54, 1.807) is 26.0 Å². The van der Waals surface area contributed by atoms with Gasteiger partial charge in [0.1, 0.15) is 5.75 Å². The molecule has 0 aromatic heterocycles. The molecule has 1 saturated carbocycles. The number of carbonyl (C=O) groups is 2. The lowest BCUT2D eigenvalue weighted by molar-refractivity contribution is 0.0726. The maximum Gasteiger partial charge on any atom is 0.514 e. The Morgan fingerprint density at radius 3 is 2.70 bits per heavy atom. The first kappa shape index (κ1) is 14.2. The zero-order valence-corrected chi connectivity index (χ0v) is 11.3. The van der Waals surface area contributed by atoms with Crippen LogP contribution < -0.4 is 10.1 Å². The number of ether oxygens (including phenoxy) is 2. The Hall–Kier alpha value is -2.24. The van der Waals surface area contributed by atoms with Gasteiger partial charge in [0.2, 0.25) is 0 Å². The van der Waals surface area contributed by atoms with Gasteiger partial charge in [0, 0.05) is 17.5 Å². The van der Waals surface area contributed by atoms with E-state index in [9.17, 15) is 9.59 Å². The zero-order chi connectivity index (χ0) is 14.7. The molecule has 2 atom stereocenters. The lowest BCUT2D eigenvalue weighted by Crippen LogP contribution is -2.24. The van der Waals surface area contributed by atoms with Gasteiger partial charge < -0.3 is 19.9 Å². The van der Waals surface area contributed by atoms with E-state index < -0.39 is 12.2 Å². The van der Waals surface area contributed by atoms with Gasteiger partial charge >= 0.3 is 12.2 Å². The fraction of sp³-hybridized carbons (Fsp3) is 0.429. The first-order valence-corrected chi connectivity index (χ1v) is 6.44. The smallest absolute Gasteiger partial charge is 0.465 e. The zero-order valence-electron chi connectivity index (χ0n) is 11.3. The molecule has 1 aromatic carbocycles. The maximum absolute atomic E-state index is 11.5. The van der Waals surface area contributed by atoms with Crippen molar-refractivity contribution in [3.8, 4) is 5.75 Å². The van der Waals surface area contributed by atoms with Gasteiger partial charge in [-0.25, -0.2) is 9.59 Å². The van der Waals surface area contributed by atoms with Crippen molar-refractivity contribution >= 4 is 12.2 Å². The molecule has 6 nitrogen and oxygen atoms in total. The van der Waals surface area contributed by atoms with Crippen LogP contribution in [0.15, 0.2) is 24.3 Å². The van der Waals surface area contributed by atoms with Crippen LogP contribution in [0.25, 0.3) is 0 Å². The molecule has 6 heteroatoms. The summed E-state index contributed by atoms with van der Waals surface area (Å²) in [5.74, 6) is 0.451. The van der Waals surface area contributed by atoms with Crippen molar-refractivity contribution in [2.75, 3.05) is 0 Å². The first-order chi connectivity index (χ1) is 9.47. The highest BCUT2D eigenvalue weighted by Gasteiger charge is 2.41. The Balaban J connectivity index is 2.04. The van der Waals surface area contributed by atoms with Crippen molar-refractivity contribution in [3.05, 3.63) is 29.8 Å². The van der Waals surface area contributed by atoms with Gasteiger partial charge in [-0.3, -0.25) is 0 Å². The van der Waals surface area contributed by atoms with Crippen LogP contribution in [0.2, 0.25) is 0 Å². The van der Waals surface area contributed by atoms with Crippen LogP contribution in [0.1, 0.15) is 31.7 Å². The third-order valence-corrected chi connectivity index (χ3v) is 2.94. The molecular formula is C14H17NO5. The molecule has 20 heavy (non-hydrogen) atoms. The monoisotopic (exact) mass is 279 g/mol. The molecule has 0 bridgehead atoms. The lowest BCUT2D eigenvalue weighted by Gasteiger charge is -2.11. The van der Waals surface area contributed by atoms with Crippen LogP contribution in [0, 0.1) is 0 Å². The Labute approximate surface area is 116 Å². The summed E-state index contributed by atoms with van der Waals surface area (Å²) in [6.07, 6.45) is -1.35. The van der Waals surface area contributed by atoms with E-state index >= 15 is 0 Å². The van der Waals surface area contributed by atoms with Crippen molar-refractivity contribution in [3.63, 3.8) is 0 Å². The van der Waals surface area contributed by atoms with Crippen LogP contribution in [0.3, 0.4) is 0 Å². The predicted octanol–water partition coefficient (Wildman–Crippen LogP) is 2.73. The molecule has 108 valence electrons. The average molecular weight is 279 g/mol. The summed E-state index contributed by atoms with van der Waals surface area (Å²) in [5, 5.41) is 11.1. The minimum atomic E-state index is -1.05. The summed E-state index contributed by atoms with van der Waals surface area (Å²) in [6.45, 7) is 3.47. The fourth-order valence-electron chi connectivity index (χ4n) is 2.04. The Kier molecular flexibility index (Phi) is 4.12. The van der Waals surface area contributed by atoms with Gasteiger partial charge in [-0.15, -0.1) is 0 Å². The number of benzene rings is 1. The summed E-state index contributed by atoms with van der Waals surface area (Å²) >= 11 is 0. The number of carboxylic acid groups (broad SMARTS) is 1. The molecule has 0 spiro atoms. The first-order valence-electron chi connectivity index (χ1n) is 6.44. The Morgan fingerprint density at radius 1 is 1.35 bits per heavy atom. The molecule has 1 aliphatic rings. The summed E-state index contributed by atoms with van der Waals surface area (Å²) in [6, 6.07) is 6.95. The number of hydrogen-bond donors (Lipinski definition) is 2. The Bertz CT molecular complexity index is 514. The largest absolute Gasteiger partial charge is 0.514 e. The van der Waals surface area contributed by atoms with E-state index in [2.05, 4.69) is 5.32 Å². The molecule has 0 saturated heterocycles. The fourth-order valence-corrected chi connectivity index (χ4v) is 2.04. The number of carbonyl (C=O) groups excluding carboxylic acids is 1. The van der Waals surface area contributed by atoms with Crippen molar-refractivity contribution in [1.29, 1.82) is 0 Å². The average Bonchev–Trinajstić information content (AvgIpc) is 3.06. The van der Waals surface area contributed by atoms with E-state index in [-0.39, 0.29) is 18.1 Å². The molecular weight excluding hydrogens is 262 g/mol. The standard InChI is InChI=1S/C14H17NO5/c1-8(2)19-14(18)20-12-6-4-3-5-9(12)10-7-11(10)15-13(16)17/h3-6,8,10-11,15H,7H2,1-2H3,(H,16,17). The Morgan fingerprint density at radius 2 is 2.05 bits per heavy atom. The lowest BCUT2D eigenvalue weighted by atomic mass is 10.1. The number of amides is 1. The van der Waals surface area contributed by atoms with Gasteiger partial charge in [-0.05, 0) is 26.3 Å². The van der Waals surface area contributed by atoms with Crippen molar-refractivity contribution in [1.82, 2.24) is 5.32 Å². The van der Waals surface area contributed by atoms with Crippen LogP contribution in [-0.4, -0.2) is 29.5 Å². The highest BCUT2D eigenvalue weighted by Crippen LogP contribution is 2.44. The third kappa shape index (κ3) is 3.63. The SMILES string of the molecule is CC(C)OC(=O)Oc1ccccc1C1CC1NC(=O)O. The minimum absolute atomic E-state index is 0.0362. The van der Waals surface area contributed by atoms with Gasteiger partial charge in [0.25, 0.3) is 0 Å². The van der Waals surface area contributed by atoms with Crippen molar-refractivity contribution in [2.24, 2.45) is 0 Å². The molecule has 2 N–H and O–H groups in total.